The van der Waals surface area contributed by atoms with Crippen LogP contribution in [0.25, 0.3) is 10.2 Å². The molecule has 2 rings (SSSR count). The third kappa shape index (κ3) is 4.49. The van der Waals surface area contributed by atoms with Crippen molar-refractivity contribution in [1.29, 1.82) is 0 Å². The van der Waals surface area contributed by atoms with Gasteiger partial charge in [-0.05, 0) is 25.1 Å². The van der Waals surface area contributed by atoms with Crippen molar-refractivity contribution >= 4 is 44.5 Å². The molecule has 0 saturated carbocycles. The maximum absolute atomic E-state index is 11.7. The Hall–Kier alpha value is -2.48. The van der Waals surface area contributed by atoms with Gasteiger partial charge in [0.05, 0.1) is 35.9 Å². The summed E-state index contributed by atoms with van der Waals surface area (Å²) < 4.78 is 10.2. The van der Waals surface area contributed by atoms with Crippen molar-refractivity contribution < 1.29 is 23.9 Å². The monoisotopic (exact) mass is 336 g/mol. The molecule has 1 amide bonds. The highest BCUT2D eigenvalue weighted by Gasteiger charge is 2.12. The van der Waals surface area contributed by atoms with Crippen LogP contribution >= 0.6 is 11.3 Å². The number of thiazole rings is 1. The van der Waals surface area contributed by atoms with Gasteiger partial charge in [-0.15, -0.1) is 0 Å². The third-order valence-corrected chi connectivity index (χ3v) is 3.86. The number of nitrogens with one attached hydrogen (secondary N) is 1. The molecule has 1 N–H and O–H groups in total. The molecule has 1 aromatic heterocycles. The van der Waals surface area contributed by atoms with E-state index in [1.807, 2.05) is 0 Å². The molecular weight excluding hydrogens is 320 g/mol. The highest BCUT2D eigenvalue weighted by Crippen LogP contribution is 2.27. The fourth-order valence-corrected chi connectivity index (χ4v) is 2.74. The van der Waals surface area contributed by atoms with Crippen LogP contribution in [0.4, 0.5) is 5.13 Å². The average molecular weight is 336 g/mol. The largest absolute Gasteiger partial charge is 0.469 e. The van der Waals surface area contributed by atoms with Crippen LogP contribution in [0.2, 0.25) is 0 Å². The predicted octanol–water partition coefficient (Wildman–Crippen LogP) is 2.36. The van der Waals surface area contributed by atoms with Crippen LogP contribution in [0.5, 0.6) is 0 Å². The summed E-state index contributed by atoms with van der Waals surface area (Å²) >= 11 is 1.25. The van der Waals surface area contributed by atoms with E-state index in [2.05, 4.69) is 15.0 Å². The first-order chi connectivity index (χ1) is 11.0. The van der Waals surface area contributed by atoms with E-state index >= 15 is 0 Å². The van der Waals surface area contributed by atoms with Crippen molar-refractivity contribution in [1.82, 2.24) is 4.98 Å². The van der Waals surface area contributed by atoms with Gasteiger partial charge in [0.25, 0.3) is 0 Å². The van der Waals surface area contributed by atoms with Crippen LogP contribution in [0.1, 0.15) is 30.1 Å². The number of hydrogen-bond acceptors (Lipinski definition) is 7. The number of hydrogen-bond donors (Lipinski definition) is 1. The molecule has 1 heterocycles. The molecule has 0 spiro atoms. The van der Waals surface area contributed by atoms with Gasteiger partial charge in [0.15, 0.2) is 5.13 Å². The molecule has 0 aliphatic carbocycles. The molecule has 0 saturated heterocycles. The number of ether oxygens (including phenoxy) is 2. The van der Waals surface area contributed by atoms with E-state index in [1.54, 1.807) is 25.1 Å². The molecule has 0 atom stereocenters. The molecule has 0 bridgehead atoms. The van der Waals surface area contributed by atoms with E-state index in [-0.39, 0.29) is 18.7 Å². The average Bonchev–Trinajstić information content (AvgIpc) is 2.93. The minimum Gasteiger partial charge on any atom is -0.469 e. The minimum atomic E-state index is -0.441. The number of aromatic nitrogens is 1. The first-order valence-corrected chi connectivity index (χ1v) is 7.79. The lowest BCUT2D eigenvalue weighted by Gasteiger charge is -2.00. The van der Waals surface area contributed by atoms with Crippen LogP contribution in [0, 0.1) is 0 Å². The molecule has 2 aromatic rings. The molecule has 8 heteroatoms. The van der Waals surface area contributed by atoms with Crippen molar-refractivity contribution in [2.24, 2.45) is 0 Å². The van der Waals surface area contributed by atoms with E-state index in [9.17, 15) is 14.4 Å². The number of rotatable bonds is 6. The molecular formula is C15H16N2O5S. The maximum atomic E-state index is 11.7. The minimum absolute atomic E-state index is 0.0141. The smallest absolute Gasteiger partial charge is 0.338 e. The van der Waals surface area contributed by atoms with Crippen molar-refractivity contribution in [3.63, 3.8) is 0 Å². The summed E-state index contributed by atoms with van der Waals surface area (Å²) in [5, 5.41) is 3.04. The first kappa shape index (κ1) is 16.9. The Kier molecular flexibility index (Phi) is 5.64. The topological polar surface area (TPSA) is 94.6 Å². The van der Waals surface area contributed by atoms with E-state index < -0.39 is 11.9 Å². The Morgan fingerprint density at radius 3 is 2.74 bits per heavy atom. The summed E-state index contributed by atoms with van der Waals surface area (Å²) in [7, 11) is 1.27. The zero-order valence-corrected chi connectivity index (χ0v) is 13.6. The van der Waals surface area contributed by atoms with E-state index in [0.29, 0.717) is 22.8 Å². The molecule has 122 valence electrons. The Balaban J connectivity index is 2.06. The van der Waals surface area contributed by atoms with Gasteiger partial charge in [0.1, 0.15) is 0 Å². The summed E-state index contributed by atoms with van der Waals surface area (Å²) in [6.07, 6.45) is 0.0386. The van der Waals surface area contributed by atoms with Gasteiger partial charge in [-0.25, -0.2) is 9.78 Å². The molecule has 23 heavy (non-hydrogen) atoms. The highest BCUT2D eigenvalue weighted by atomic mass is 32.1. The van der Waals surface area contributed by atoms with Crippen molar-refractivity contribution in [3.05, 3.63) is 23.8 Å². The number of amides is 1. The molecule has 7 nitrogen and oxygen atoms in total. The van der Waals surface area contributed by atoms with Gasteiger partial charge < -0.3 is 14.8 Å². The number of anilines is 1. The second kappa shape index (κ2) is 7.68. The predicted molar refractivity (Wildman–Crippen MR) is 85.5 cm³/mol. The zero-order valence-electron chi connectivity index (χ0n) is 12.8. The van der Waals surface area contributed by atoms with Crippen LogP contribution in [0.3, 0.4) is 0 Å². The Morgan fingerprint density at radius 2 is 2.04 bits per heavy atom. The number of fused-ring (bicyclic) bond motifs is 1. The van der Waals surface area contributed by atoms with Crippen LogP contribution in [-0.2, 0) is 19.1 Å². The van der Waals surface area contributed by atoms with Crippen LogP contribution in [0.15, 0.2) is 18.2 Å². The third-order valence-electron chi connectivity index (χ3n) is 2.93. The molecule has 0 unspecified atom stereocenters. The van der Waals surface area contributed by atoms with E-state index in [1.165, 1.54) is 18.4 Å². The SMILES string of the molecule is CCOC(=O)c1ccc2nc(NC(=O)CCC(=O)OC)sc2c1. The van der Waals surface area contributed by atoms with Crippen molar-refractivity contribution in [3.8, 4) is 0 Å². The zero-order chi connectivity index (χ0) is 16.8. The Labute approximate surface area is 136 Å². The molecule has 0 fully saturated rings. The number of esters is 2. The van der Waals surface area contributed by atoms with E-state index in [4.69, 9.17) is 4.74 Å². The second-order valence-electron chi connectivity index (χ2n) is 4.55. The molecule has 0 radical (unpaired) electrons. The van der Waals surface area contributed by atoms with Crippen molar-refractivity contribution in [2.45, 2.75) is 19.8 Å². The number of methoxy groups -OCH3 is 1. The van der Waals surface area contributed by atoms with Gasteiger partial charge in [-0.3, -0.25) is 9.59 Å². The standard InChI is InChI=1S/C15H16N2O5S/c1-3-22-14(20)9-4-5-10-11(8-9)23-15(16-10)17-12(18)6-7-13(19)21-2/h4-5,8H,3,6-7H2,1-2H3,(H,16,17,18). The molecule has 0 aliphatic rings. The normalized spacial score (nSPS) is 10.3. The summed E-state index contributed by atoms with van der Waals surface area (Å²) in [4.78, 5) is 38.7. The summed E-state index contributed by atoms with van der Waals surface area (Å²) in [6, 6.07) is 5.00. The Bertz CT molecular complexity index is 741. The van der Waals surface area contributed by atoms with Gasteiger partial charge in [-0.2, -0.15) is 0 Å². The van der Waals surface area contributed by atoms with Gasteiger partial charge >= 0.3 is 11.9 Å². The Morgan fingerprint density at radius 1 is 1.26 bits per heavy atom. The van der Waals surface area contributed by atoms with Gasteiger partial charge in [0.2, 0.25) is 5.91 Å². The summed E-state index contributed by atoms with van der Waals surface area (Å²) in [6.45, 7) is 2.05. The highest BCUT2D eigenvalue weighted by molar-refractivity contribution is 7.22. The van der Waals surface area contributed by atoms with Crippen LogP contribution in [-0.4, -0.2) is 36.5 Å². The lowest BCUT2D eigenvalue weighted by Crippen LogP contribution is -2.13. The maximum Gasteiger partial charge on any atom is 0.338 e. The number of carbonyl (C=O) groups excluding carboxylic acids is 3. The molecule has 0 aliphatic heterocycles. The summed E-state index contributed by atoms with van der Waals surface area (Å²) in [5.74, 6) is -1.16. The number of nitrogens with zero attached hydrogens (tertiary/aromatic N) is 1. The fourth-order valence-electron chi connectivity index (χ4n) is 1.82. The van der Waals surface area contributed by atoms with Gasteiger partial charge in [0, 0.05) is 6.42 Å². The van der Waals surface area contributed by atoms with Gasteiger partial charge in [-0.1, -0.05) is 11.3 Å². The second-order valence-corrected chi connectivity index (χ2v) is 5.58. The number of benzene rings is 1. The summed E-state index contributed by atoms with van der Waals surface area (Å²) in [5.41, 5.74) is 1.11. The lowest BCUT2D eigenvalue weighted by atomic mass is 10.2. The number of carbonyl (C=O) groups is 3. The van der Waals surface area contributed by atoms with Crippen molar-refractivity contribution in [2.75, 3.05) is 19.0 Å². The quantitative estimate of drug-likeness (QED) is 0.814. The fraction of sp³-hybridized carbons (Fsp3) is 0.333. The van der Waals surface area contributed by atoms with E-state index in [0.717, 1.165) is 4.70 Å². The van der Waals surface area contributed by atoms with Crippen LogP contribution < -0.4 is 5.32 Å². The first-order valence-electron chi connectivity index (χ1n) is 6.98. The molecule has 1 aromatic carbocycles. The lowest BCUT2D eigenvalue weighted by molar-refractivity contribution is -0.141.